The Bertz CT molecular complexity index is 2100. The smallest absolute Gasteiger partial charge is 0.188 e. The Balaban J connectivity index is 1.71. The monoisotopic (exact) mass is 1120 g/mol. The van der Waals surface area contributed by atoms with E-state index in [4.69, 9.17) is 42.6 Å². The highest BCUT2D eigenvalue weighted by Gasteiger charge is 2.18. The van der Waals surface area contributed by atoms with Crippen LogP contribution in [0.25, 0.3) is 0 Å². The molecule has 450 valence electrons. The van der Waals surface area contributed by atoms with Crippen molar-refractivity contribution in [1.82, 2.24) is 0 Å². The number of fused-ring (bicyclic) bond motifs is 3. The minimum Gasteiger partial charge on any atom is -0.489 e. The second-order valence-electron chi connectivity index (χ2n) is 23.0. The van der Waals surface area contributed by atoms with Crippen molar-refractivity contribution in [2.75, 3.05) is 61.5 Å². The summed E-state index contributed by atoms with van der Waals surface area (Å²) in [7, 11) is 4.85. The van der Waals surface area contributed by atoms with Crippen molar-refractivity contribution in [2.24, 2.45) is 17.8 Å². The van der Waals surface area contributed by atoms with Gasteiger partial charge in [-0.15, -0.1) is 0 Å². The number of unbranched alkanes of at least 4 members (excludes halogenated alkanes) is 24. The fraction of sp³-hybridized carbons (Fsp3) is 0.667. The molecule has 3 aromatic carbocycles. The molecule has 81 heavy (non-hydrogen) atoms. The third kappa shape index (κ3) is 28.7. The first-order valence-corrected chi connectivity index (χ1v) is 32.1. The average Bonchev–Trinajstić information content (AvgIpc) is 3.50. The molecular formula is C72H108O9. The summed E-state index contributed by atoms with van der Waals surface area (Å²) >= 11 is 0. The van der Waals surface area contributed by atoms with E-state index in [-0.39, 0.29) is 20.4 Å². The lowest BCUT2D eigenvalue weighted by atomic mass is 10.00. The van der Waals surface area contributed by atoms with Gasteiger partial charge in [0.2, 0.25) is 0 Å². The van der Waals surface area contributed by atoms with Crippen LogP contribution in [0.1, 0.15) is 268 Å². The first-order chi connectivity index (χ1) is 39.7. The van der Waals surface area contributed by atoms with E-state index >= 15 is 0 Å². The first-order valence-electron chi connectivity index (χ1n) is 32.1. The van der Waals surface area contributed by atoms with Crippen molar-refractivity contribution in [1.29, 1.82) is 0 Å². The highest BCUT2D eigenvalue weighted by Crippen LogP contribution is 2.36. The van der Waals surface area contributed by atoms with E-state index < -0.39 is 0 Å². The maximum atomic E-state index is 6.63. The Hall–Kier alpha value is -4.98. The summed E-state index contributed by atoms with van der Waals surface area (Å²) in [4.78, 5) is 0. The second kappa shape index (κ2) is 43.7. The zero-order chi connectivity index (χ0) is 58.0. The molecule has 0 bridgehead atoms. The van der Waals surface area contributed by atoms with Gasteiger partial charge < -0.3 is 42.6 Å². The van der Waals surface area contributed by atoms with Gasteiger partial charge in [-0.3, -0.25) is 0 Å². The summed E-state index contributed by atoms with van der Waals surface area (Å²) in [6.07, 6.45) is 38.5. The molecule has 3 aromatic rings. The van der Waals surface area contributed by atoms with Gasteiger partial charge >= 0.3 is 0 Å². The predicted molar refractivity (Wildman–Crippen MR) is 334 cm³/mol. The van der Waals surface area contributed by atoms with Gasteiger partial charge in [0, 0.05) is 91.1 Å². The van der Waals surface area contributed by atoms with Crippen molar-refractivity contribution in [3.05, 3.63) is 69.8 Å². The van der Waals surface area contributed by atoms with Crippen molar-refractivity contribution < 1.29 is 42.6 Å². The average molecular weight is 1120 g/mol. The lowest BCUT2D eigenvalue weighted by Crippen LogP contribution is -2.11. The molecule has 3 atom stereocenters. The zero-order valence-electron chi connectivity index (χ0n) is 52.3. The van der Waals surface area contributed by atoms with E-state index in [2.05, 4.69) is 77.1 Å². The van der Waals surface area contributed by atoms with E-state index in [1.807, 2.05) is 36.4 Å². The maximum absolute atomic E-state index is 6.63. The Morgan fingerprint density at radius 2 is 0.457 bits per heavy atom. The van der Waals surface area contributed by atoms with Gasteiger partial charge in [0.1, 0.15) is 0 Å². The standard InChI is InChI=1S/C72H108O9/c1-10-13-16-19-22-25-28-31-34-37-58(4)52-76-67-46-61-40-43-65-50-71(80-56-74-8)69(78-54-60(6)39-36-33-30-27-24-21-18-15-12-3)48-63(65)42-45-66-51-72(81-57-75-9)68(47-62(66)41-44-64(61)49-70(67)79-55-73-7)77-53-59(5)38-35-32-29-26-23-20-17-14-11-2/h46-51,58-60H,10-39,52-57H2,1-9H3/t58-,59-,60-/m1/s1. The van der Waals surface area contributed by atoms with Gasteiger partial charge in [-0.2, -0.15) is 0 Å². The van der Waals surface area contributed by atoms with Crippen molar-refractivity contribution in [2.45, 2.75) is 234 Å². The number of benzene rings is 3. The molecular weight excluding hydrogens is 1010 g/mol. The summed E-state index contributed by atoms with van der Waals surface area (Å²) in [5.41, 5.74) is 4.04. The van der Waals surface area contributed by atoms with E-state index in [9.17, 15) is 0 Å². The van der Waals surface area contributed by atoms with Gasteiger partial charge in [0.25, 0.3) is 0 Å². The van der Waals surface area contributed by atoms with Gasteiger partial charge in [-0.1, -0.05) is 250 Å². The fourth-order valence-electron chi connectivity index (χ4n) is 10.1. The van der Waals surface area contributed by atoms with Crippen LogP contribution in [0.15, 0.2) is 36.4 Å². The summed E-state index contributed by atoms with van der Waals surface area (Å²) in [5, 5.41) is 0. The van der Waals surface area contributed by atoms with Crippen LogP contribution in [0.3, 0.4) is 0 Å². The summed E-state index contributed by atoms with van der Waals surface area (Å²) in [6, 6.07) is 11.6. The van der Waals surface area contributed by atoms with Gasteiger partial charge in [-0.05, 0) is 37.0 Å². The molecule has 0 heterocycles. The normalized spacial score (nSPS) is 12.6. The van der Waals surface area contributed by atoms with Crippen LogP contribution >= 0.6 is 0 Å². The van der Waals surface area contributed by atoms with E-state index in [0.29, 0.717) is 105 Å². The molecule has 0 amide bonds. The predicted octanol–water partition coefficient (Wildman–Crippen LogP) is 19.0. The molecule has 0 fully saturated rings. The van der Waals surface area contributed by atoms with Gasteiger partial charge in [0.05, 0.1) is 19.8 Å². The van der Waals surface area contributed by atoms with Crippen molar-refractivity contribution in [3.63, 3.8) is 0 Å². The molecule has 1 aliphatic rings. The minimum absolute atomic E-state index is 0.0449. The SMILES string of the molecule is CCCCCCCCCCC[C@@H](C)COc1cc2c(cc1OCOC)C#Cc1cc(OC[C@H](C)CCCCCCCCCCC)c(OCOC)cc1C#Cc1cc(OC[C@H](C)CCCCCCCCCCC)c(OCOC)cc1C#C2. The molecule has 0 radical (unpaired) electrons. The molecule has 9 nitrogen and oxygen atoms in total. The van der Waals surface area contributed by atoms with E-state index in [1.165, 1.54) is 173 Å². The second-order valence-corrected chi connectivity index (χ2v) is 23.0. The zero-order valence-corrected chi connectivity index (χ0v) is 52.3. The molecule has 0 aliphatic heterocycles. The Morgan fingerprint density at radius 1 is 0.272 bits per heavy atom. The quantitative estimate of drug-likeness (QED) is 0.0244. The van der Waals surface area contributed by atoms with Crippen molar-refractivity contribution >= 4 is 0 Å². The van der Waals surface area contributed by atoms with Crippen molar-refractivity contribution in [3.8, 4) is 70.0 Å². The third-order valence-corrected chi connectivity index (χ3v) is 15.2. The summed E-state index contributed by atoms with van der Waals surface area (Å²) < 4.78 is 54.8. The molecule has 0 unspecified atom stereocenters. The summed E-state index contributed by atoms with van der Waals surface area (Å²) in [5.74, 6) is 25.3. The topological polar surface area (TPSA) is 83.1 Å². The molecule has 0 spiro atoms. The molecule has 9 heteroatoms. The van der Waals surface area contributed by atoms with Crippen LogP contribution < -0.4 is 28.4 Å². The van der Waals surface area contributed by atoms with Gasteiger partial charge in [-0.25, -0.2) is 0 Å². The number of rotatable bonds is 48. The molecule has 4 rings (SSSR count). The minimum atomic E-state index is 0.0449. The van der Waals surface area contributed by atoms with E-state index in [1.54, 1.807) is 21.3 Å². The molecule has 0 saturated carbocycles. The van der Waals surface area contributed by atoms with Gasteiger partial charge in [0.15, 0.2) is 54.9 Å². The van der Waals surface area contributed by atoms with Crippen LogP contribution in [-0.4, -0.2) is 61.5 Å². The van der Waals surface area contributed by atoms with E-state index in [0.717, 1.165) is 19.3 Å². The lowest BCUT2D eigenvalue weighted by Gasteiger charge is -2.18. The molecule has 0 saturated heterocycles. The van der Waals surface area contributed by atoms with Crippen LogP contribution in [0.5, 0.6) is 34.5 Å². The van der Waals surface area contributed by atoms with Crippen LogP contribution in [-0.2, 0) is 14.2 Å². The third-order valence-electron chi connectivity index (χ3n) is 15.2. The Labute approximate surface area is 493 Å². The first kappa shape index (κ1) is 68.5. The number of hydrogen-bond donors (Lipinski definition) is 0. The number of methoxy groups -OCH3 is 3. The van der Waals surface area contributed by atoms with Crippen LogP contribution in [0, 0.1) is 53.3 Å². The molecule has 1 aliphatic carbocycles. The summed E-state index contributed by atoms with van der Waals surface area (Å²) in [6.45, 7) is 15.4. The Morgan fingerprint density at radius 3 is 0.654 bits per heavy atom. The number of ether oxygens (including phenoxy) is 9. The molecule has 0 N–H and O–H groups in total. The van der Waals surface area contributed by atoms with Crippen LogP contribution in [0.2, 0.25) is 0 Å². The maximum Gasteiger partial charge on any atom is 0.188 e. The largest absolute Gasteiger partial charge is 0.489 e. The highest BCUT2D eigenvalue weighted by atomic mass is 16.7. The molecule has 0 aromatic heterocycles. The fourth-order valence-corrected chi connectivity index (χ4v) is 10.1. The van der Waals surface area contributed by atoms with Crippen LogP contribution in [0.4, 0.5) is 0 Å². The highest BCUT2D eigenvalue weighted by molar-refractivity contribution is 5.67. The lowest BCUT2D eigenvalue weighted by molar-refractivity contribution is 0.0480. The number of hydrogen-bond acceptors (Lipinski definition) is 9. The Kier molecular flexibility index (Phi) is 36.9.